The van der Waals surface area contributed by atoms with Crippen molar-refractivity contribution in [2.75, 3.05) is 23.3 Å². The first-order chi connectivity index (χ1) is 11.1. The largest absolute Gasteiger partial charge is 0.393 e. The predicted octanol–water partition coefficient (Wildman–Crippen LogP) is 3.04. The molecule has 0 spiro atoms. The van der Waals surface area contributed by atoms with Gasteiger partial charge in [0.25, 0.3) is 0 Å². The van der Waals surface area contributed by atoms with Crippen LogP contribution < -0.4 is 10.2 Å². The van der Waals surface area contributed by atoms with Gasteiger partial charge in [0.15, 0.2) is 0 Å². The Kier molecular flexibility index (Phi) is 4.86. The molecule has 5 heteroatoms. The van der Waals surface area contributed by atoms with E-state index in [0.29, 0.717) is 12.6 Å². The lowest BCUT2D eigenvalue weighted by Gasteiger charge is -2.33. The molecule has 1 fully saturated rings. The van der Waals surface area contributed by atoms with E-state index in [2.05, 4.69) is 57.9 Å². The third kappa shape index (κ3) is 3.67. The van der Waals surface area contributed by atoms with E-state index in [1.165, 1.54) is 5.69 Å². The summed E-state index contributed by atoms with van der Waals surface area (Å²) in [7, 11) is 0. The lowest BCUT2D eigenvalue weighted by Crippen LogP contribution is -2.36. The molecule has 0 saturated carbocycles. The Hall–Kier alpha value is -2.01. The van der Waals surface area contributed by atoms with Crippen molar-refractivity contribution < 1.29 is 5.11 Å². The fourth-order valence-electron chi connectivity index (χ4n) is 3.13. The zero-order valence-electron chi connectivity index (χ0n) is 13.9. The van der Waals surface area contributed by atoms with Crippen molar-refractivity contribution in [3.05, 3.63) is 42.5 Å². The molecule has 1 aliphatic rings. The van der Waals surface area contributed by atoms with Crippen molar-refractivity contribution in [1.82, 2.24) is 9.55 Å². The Labute approximate surface area is 138 Å². The van der Waals surface area contributed by atoms with Gasteiger partial charge in [-0.05, 0) is 38.8 Å². The van der Waals surface area contributed by atoms with E-state index >= 15 is 0 Å². The maximum atomic E-state index is 9.70. The van der Waals surface area contributed by atoms with Crippen LogP contribution in [0.2, 0.25) is 0 Å². The number of aliphatic hydroxyl groups is 1. The normalized spacial score (nSPS) is 16.1. The van der Waals surface area contributed by atoms with Crippen LogP contribution in [-0.2, 0) is 6.54 Å². The lowest BCUT2D eigenvalue weighted by molar-refractivity contribution is 0.145. The van der Waals surface area contributed by atoms with Gasteiger partial charge in [0.05, 0.1) is 24.0 Å². The molecule has 0 radical (unpaired) electrons. The van der Waals surface area contributed by atoms with Crippen LogP contribution in [0.5, 0.6) is 0 Å². The average Bonchev–Trinajstić information content (AvgIpc) is 3.03. The maximum Gasteiger partial charge on any atom is 0.128 e. The van der Waals surface area contributed by atoms with Gasteiger partial charge >= 0.3 is 0 Å². The third-order valence-corrected chi connectivity index (χ3v) is 4.45. The Morgan fingerprint density at radius 2 is 2.00 bits per heavy atom. The molecule has 1 aromatic carbocycles. The van der Waals surface area contributed by atoms with Crippen LogP contribution in [-0.4, -0.2) is 33.9 Å². The van der Waals surface area contributed by atoms with Crippen molar-refractivity contribution in [3.8, 4) is 0 Å². The lowest BCUT2D eigenvalue weighted by atomic mass is 10.1. The number of aromatic nitrogens is 2. The van der Waals surface area contributed by atoms with Crippen LogP contribution in [0, 0.1) is 0 Å². The number of piperidine rings is 1. The van der Waals surface area contributed by atoms with Crippen molar-refractivity contribution >= 4 is 11.4 Å². The molecule has 3 rings (SSSR count). The van der Waals surface area contributed by atoms with Gasteiger partial charge in [0.1, 0.15) is 5.82 Å². The molecular weight excluding hydrogens is 288 g/mol. The maximum absolute atomic E-state index is 9.70. The molecule has 2 aromatic rings. The molecule has 124 valence electrons. The molecule has 1 saturated heterocycles. The Morgan fingerprint density at radius 1 is 1.26 bits per heavy atom. The van der Waals surface area contributed by atoms with E-state index in [1.807, 2.05) is 12.4 Å². The topological polar surface area (TPSA) is 53.3 Å². The number of para-hydroxylation sites is 2. The van der Waals surface area contributed by atoms with E-state index in [0.717, 1.165) is 37.4 Å². The number of nitrogens with zero attached hydrogens (tertiary/aromatic N) is 3. The third-order valence-electron chi connectivity index (χ3n) is 4.45. The summed E-state index contributed by atoms with van der Waals surface area (Å²) in [4.78, 5) is 6.81. The second kappa shape index (κ2) is 7.04. The summed E-state index contributed by atoms with van der Waals surface area (Å²) in [5, 5.41) is 13.2. The van der Waals surface area contributed by atoms with Crippen LogP contribution in [0.15, 0.2) is 36.7 Å². The molecule has 2 N–H and O–H groups in total. The molecule has 5 nitrogen and oxygen atoms in total. The number of benzene rings is 1. The van der Waals surface area contributed by atoms with Crippen LogP contribution in [0.3, 0.4) is 0 Å². The highest BCUT2D eigenvalue weighted by atomic mass is 16.3. The summed E-state index contributed by atoms with van der Waals surface area (Å²) in [6, 6.07) is 8.80. The van der Waals surface area contributed by atoms with Crippen molar-refractivity contribution in [2.45, 2.75) is 45.4 Å². The number of imidazole rings is 1. The number of hydrogen-bond acceptors (Lipinski definition) is 4. The van der Waals surface area contributed by atoms with Crippen LogP contribution in [0.1, 0.15) is 38.6 Å². The first-order valence-corrected chi connectivity index (χ1v) is 8.43. The van der Waals surface area contributed by atoms with Crippen LogP contribution in [0.25, 0.3) is 0 Å². The zero-order valence-corrected chi connectivity index (χ0v) is 13.9. The predicted molar refractivity (Wildman–Crippen MR) is 93.8 cm³/mol. The van der Waals surface area contributed by atoms with Gasteiger partial charge in [0.2, 0.25) is 0 Å². The zero-order chi connectivity index (χ0) is 16.2. The Balaban J connectivity index is 1.72. The summed E-state index contributed by atoms with van der Waals surface area (Å²) in [5.41, 5.74) is 2.34. The molecule has 0 amide bonds. The van der Waals surface area contributed by atoms with E-state index in [-0.39, 0.29) is 6.10 Å². The van der Waals surface area contributed by atoms with Gasteiger partial charge in [0, 0.05) is 31.5 Å². The molecular formula is C18H26N4O. The molecule has 0 atom stereocenters. The molecule has 0 bridgehead atoms. The minimum atomic E-state index is -0.148. The standard InChI is InChI=1S/C18H26N4O/c1-14(2)22-12-9-19-18(22)13-20-16-5-3-4-6-17(16)21-10-7-15(23)8-11-21/h3-6,9,12,14-15,20,23H,7-8,10-11,13H2,1-2H3. The molecule has 2 heterocycles. The highest BCUT2D eigenvalue weighted by Crippen LogP contribution is 2.28. The van der Waals surface area contributed by atoms with Gasteiger partial charge in [-0.1, -0.05) is 12.1 Å². The SMILES string of the molecule is CC(C)n1ccnc1CNc1ccccc1N1CCC(O)CC1. The second-order valence-corrected chi connectivity index (χ2v) is 6.43. The monoisotopic (exact) mass is 314 g/mol. The van der Waals surface area contributed by atoms with E-state index < -0.39 is 0 Å². The minimum Gasteiger partial charge on any atom is -0.393 e. The molecule has 1 aromatic heterocycles. The van der Waals surface area contributed by atoms with Gasteiger partial charge in [-0.15, -0.1) is 0 Å². The smallest absolute Gasteiger partial charge is 0.128 e. The number of anilines is 2. The van der Waals surface area contributed by atoms with Crippen molar-refractivity contribution in [3.63, 3.8) is 0 Å². The highest BCUT2D eigenvalue weighted by Gasteiger charge is 2.19. The molecule has 23 heavy (non-hydrogen) atoms. The number of nitrogens with one attached hydrogen (secondary N) is 1. The molecule has 0 aliphatic carbocycles. The minimum absolute atomic E-state index is 0.148. The fourth-order valence-corrected chi connectivity index (χ4v) is 3.13. The Morgan fingerprint density at radius 3 is 2.74 bits per heavy atom. The fraction of sp³-hybridized carbons (Fsp3) is 0.500. The van der Waals surface area contributed by atoms with E-state index in [4.69, 9.17) is 0 Å². The summed E-state index contributed by atoms with van der Waals surface area (Å²) < 4.78 is 2.19. The van der Waals surface area contributed by atoms with E-state index in [9.17, 15) is 5.11 Å². The van der Waals surface area contributed by atoms with Gasteiger partial charge in [-0.2, -0.15) is 0 Å². The van der Waals surface area contributed by atoms with Gasteiger partial charge < -0.3 is 19.9 Å². The second-order valence-electron chi connectivity index (χ2n) is 6.43. The summed E-state index contributed by atoms with van der Waals surface area (Å²) in [6.45, 7) is 6.84. The average molecular weight is 314 g/mol. The number of rotatable bonds is 5. The summed E-state index contributed by atoms with van der Waals surface area (Å²) in [6.07, 6.45) is 5.41. The van der Waals surface area contributed by atoms with E-state index in [1.54, 1.807) is 0 Å². The number of aliphatic hydroxyl groups excluding tert-OH is 1. The summed E-state index contributed by atoms with van der Waals surface area (Å²) in [5.74, 6) is 1.05. The van der Waals surface area contributed by atoms with Gasteiger partial charge in [-0.25, -0.2) is 4.98 Å². The Bertz CT molecular complexity index is 629. The van der Waals surface area contributed by atoms with Crippen molar-refractivity contribution in [2.24, 2.45) is 0 Å². The quantitative estimate of drug-likeness (QED) is 0.891. The van der Waals surface area contributed by atoms with Crippen molar-refractivity contribution in [1.29, 1.82) is 0 Å². The first kappa shape index (κ1) is 15.9. The van der Waals surface area contributed by atoms with Crippen LogP contribution >= 0.6 is 0 Å². The first-order valence-electron chi connectivity index (χ1n) is 8.43. The highest BCUT2D eigenvalue weighted by molar-refractivity contribution is 5.70. The van der Waals surface area contributed by atoms with Crippen LogP contribution in [0.4, 0.5) is 11.4 Å². The molecule has 0 unspecified atom stereocenters. The summed E-state index contributed by atoms with van der Waals surface area (Å²) >= 11 is 0. The van der Waals surface area contributed by atoms with Gasteiger partial charge in [-0.3, -0.25) is 0 Å². The number of hydrogen-bond donors (Lipinski definition) is 2. The molecule has 1 aliphatic heterocycles.